The lowest BCUT2D eigenvalue weighted by Crippen LogP contribution is -2.36. The van der Waals surface area contributed by atoms with Gasteiger partial charge in [-0.15, -0.1) is 5.10 Å². The van der Waals surface area contributed by atoms with Gasteiger partial charge in [0.05, 0.1) is 36.7 Å². The number of likely N-dealkylation sites (tertiary alicyclic amines) is 1. The Morgan fingerprint density at radius 1 is 1.24 bits per heavy atom. The number of rotatable bonds is 6. The van der Waals surface area contributed by atoms with Crippen LogP contribution in [0.4, 0.5) is 14.9 Å². The summed E-state index contributed by atoms with van der Waals surface area (Å²) in [6.45, 7) is 0.889. The number of cyclic esters (lactones) is 1. The Morgan fingerprint density at radius 3 is 2.68 bits per heavy atom. The van der Waals surface area contributed by atoms with Crippen molar-refractivity contribution < 1.29 is 23.8 Å². The van der Waals surface area contributed by atoms with Gasteiger partial charge in [-0.05, 0) is 24.3 Å². The van der Waals surface area contributed by atoms with Crippen molar-refractivity contribution in [2.75, 3.05) is 31.1 Å². The van der Waals surface area contributed by atoms with Crippen molar-refractivity contribution in [3.8, 4) is 17.2 Å². The molecule has 1 aromatic carbocycles. The molecule has 2 aromatic heterocycles. The largest absolute Gasteiger partial charge is 0.442 e. The fourth-order valence-corrected chi connectivity index (χ4v) is 5.61. The number of anilines is 1. The summed E-state index contributed by atoms with van der Waals surface area (Å²) in [7, 11) is 0. The molecule has 37 heavy (non-hydrogen) atoms. The smallest absolute Gasteiger partial charge is 0.414 e. The Bertz CT molecular complexity index is 1390. The molecule has 2 amide bonds. The van der Waals surface area contributed by atoms with E-state index in [0.717, 1.165) is 0 Å². The van der Waals surface area contributed by atoms with E-state index in [9.17, 15) is 14.9 Å². The molecule has 0 radical (unpaired) electrons. The number of piperidine rings is 1. The highest BCUT2D eigenvalue weighted by atomic mass is 19.1. The van der Waals surface area contributed by atoms with E-state index in [1.165, 1.54) is 23.4 Å². The van der Waals surface area contributed by atoms with Crippen LogP contribution >= 0.6 is 0 Å². The van der Waals surface area contributed by atoms with Gasteiger partial charge in [-0.2, -0.15) is 5.26 Å². The van der Waals surface area contributed by atoms with Crippen molar-refractivity contribution >= 4 is 17.7 Å². The van der Waals surface area contributed by atoms with E-state index in [4.69, 9.17) is 9.84 Å². The number of ether oxygens (including phenoxy) is 1. The van der Waals surface area contributed by atoms with Crippen LogP contribution in [0.1, 0.15) is 5.69 Å². The molecule has 6 rings (SSSR count). The van der Waals surface area contributed by atoms with Crippen LogP contribution in [0.2, 0.25) is 0 Å². The van der Waals surface area contributed by atoms with Crippen molar-refractivity contribution in [2.45, 2.75) is 18.1 Å². The third-order valence-corrected chi connectivity index (χ3v) is 7.55. The Hall–Kier alpha value is -4.37. The number of fused-ring (bicyclic) bond motifs is 1. The average Bonchev–Trinajstić information content (AvgIpc) is 3.41. The van der Waals surface area contributed by atoms with Gasteiger partial charge in [0.15, 0.2) is 0 Å². The number of aromatic nitrogens is 4. The molecule has 4 atom stereocenters. The van der Waals surface area contributed by atoms with E-state index < -0.39 is 30.0 Å². The van der Waals surface area contributed by atoms with Crippen molar-refractivity contribution in [3.63, 3.8) is 0 Å². The highest BCUT2D eigenvalue weighted by molar-refractivity contribution is 5.90. The molecule has 3 aliphatic rings. The van der Waals surface area contributed by atoms with E-state index in [1.54, 1.807) is 40.0 Å². The summed E-state index contributed by atoms with van der Waals surface area (Å²) in [5.41, 5.74) is 1.06. The van der Waals surface area contributed by atoms with Gasteiger partial charge in [0.25, 0.3) is 0 Å². The number of carbonyl (C=O) groups is 2. The van der Waals surface area contributed by atoms with Gasteiger partial charge in [0.2, 0.25) is 5.91 Å². The molecule has 1 N–H and O–H groups in total. The number of amides is 2. The topological polar surface area (TPSA) is 137 Å². The molecule has 2 aliphatic heterocycles. The number of halogens is 1. The van der Waals surface area contributed by atoms with E-state index in [1.807, 2.05) is 0 Å². The first-order chi connectivity index (χ1) is 17.9. The van der Waals surface area contributed by atoms with Crippen LogP contribution in [0, 0.1) is 29.0 Å². The van der Waals surface area contributed by atoms with Crippen molar-refractivity contribution in [3.05, 3.63) is 60.4 Å². The number of pyridine rings is 1. The number of carbonyl (C=O) groups excluding carboxylic acids is 2. The van der Waals surface area contributed by atoms with Crippen LogP contribution < -0.4 is 4.90 Å². The average molecular weight is 503 g/mol. The summed E-state index contributed by atoms with van der Waals surface area (Å²) in [6, 6.07) is 10.4. The van der Waals surface area contributed by atoms with Crippen LogP contribution in [0.15, 0.2) is 48.9 Å². The Labute approximate surface area is 210 Å². The number of benzene rings is 1. The molecule has 188 valence electrons. The first-order valence-electron chi connectivity index (χ1n) is 11.8. The maximum absolute atomic E-state index is 15.1. The second-order valence-corrected chi connectivity index (χ2v) is 9.49. The molecule has 0 unspecified atom stereocenters. The first kappa shape index (κ1) is 23.1. The zero-order valence-electron chi connectivity index (χ0n) is 19.6. The van der Waals surface area contributed by atoms with Gasteiger partial charge in [-0.25, -0.2) is 13.9 Å². The van der Waals surface area contributed by atoms with Gasteiger partial charge in [-0.1, -0.05) is 11.3 Å². The minimum absolute atomic E-state index is 0.0315. The molecule has 0 bridgehead atoms. The molecule has 3 fully saturated rings. The van der Waals surface area contributed by atoms with Crippen molar-refractivity contribution in [1.82, 2.24) is 24.9 Å². The Balaban J connectivity index is 1.16. The number of nitrogens with zero attached hydrogens (tertiary/aromatic N) is 7. The first-order valence-corrected chi connectivity index (χ1v) is 11.8. The molecule has 3 aromatic rings. The fourth-order valence-electron chi connectivity index (χ4n) is 5.61. The van der Waals surface area contributed by atoms with Gasteiger partial charge in [0, 0.05) is 48.4 Å². The van der Waals surface area contributed by atoms with Gasteiger partial charge in [0.1, 0.15) is 23.9 Å². The van der Waals surface area contributed by atoms with E-state index in [0.29, 0.717) is 42.1 Å². The minimum atomic E-state index is -0.772. The number of aliphatic hydroxyl groups excluding tert-OH is 1. The molecule has 4 heterocycles. The van der Waals surface area contributed by atoms with Gasteiger partial charge in [-0.3, -0.25) is 14.7 Å². The van der Waals surface area contributed by atoms with Crippen molar-refractivity contribution in [2.24, 2.45) is 11.8 Å². The third-order valence-electron chi connectivity index (χ3n) is 7.55. The number of hydrogen-bond donors (Lipinski definition) is 1. The number of aliphatic hydroxyl groups is 1. The summed E-state index contributed by atoms with van der Waals surface area (Å²) in [6.07, 6.45) is 3.76. The summed E-state index contributed by atoms with van der Waals surface area (Å²) in [5, 5.41) is 26.6. The standard InChI is InChI=1S/C25H22FN7O4/c26-21-7-16(33-10-17(37-24(33)36)9-32-6-5-29-30-32)2-3-18(21)15-1-4-22(28-8-15)25(14-27)19-11-31(12-20(19)25)23(35)13-34/h1-8,17,19-20,34H,9-13H2/t17-,19-,20+,25+/m0/s1. The predicted molar refractivity (Wildman–Crippen MR) is 125 cm³/mol. The zero-order valence-corrected chi connectivity index (χ0v) is 19.6. The number of nitriles is 1. The van der Waals surface area contributed by atoms with E-state index in [-0.39, 0.29) is 24.3 Å². The van der Waals surface area contributed by atoms with Crippen LogP contribution in [0.3, 0.4) is 0 Å². The van der Waals surface area contributed by atoms with Gasteiger partial charge >= 0.3 is 6.09 Å². The minimum Gasteiger partial charge on any atom is -0.442 e. The predicted octanol–water partition coefficient (Wildman–Crippen LogP) is 1.35. The summed E-state index contributed by atoms with van der Waals surface area (Å²) < 4.78 is 22.1. The normalized spacial score (nSPS) is 26.1. The fraction of sp³-hybridized carbons (Fsp3) is 0.360. The monoisotopic (exact) mass is 503 g/mol. The highest BCUT2D eigenvalue weighted by Crippen LogP contribution is 2.62. The molecular formula is C25H22FN7O4. The maximum atomic E-state index is 15.1. The lowest BCUT2D eigenvalue weighted by Gasteiger charge is -2.22. The third kappa shape index (κ3) is 3.70. The molecule has 1 aliphatic carbocycles. The number of hydrogen-bond acceptors (Lipinski definition) is 8. The molecule has 1 saturated carbocycles. The van der Waals surface area contributed by atoms with Crippen molar-refractivity contribution in [1.29, 1.82) is 5.26 Å². The Kier molecular flexibility index (Phi) is 5.38. The second kappa shape index (κ2) is 8.63. The second-order valence-electron chi connectivity index (χ2n) is 9.49. The summed E-state index contributed by atoms with van der Waals surface area (Å²) in [4.78, 5) is 31.6. The van der Waals surface area contributed by atoms with E-state index in [2.05, 4.69) is 21.4 Å². The highest BCUT2D eigenvalue weighted by Gasteiger charge is 2.71. The van der Waals surface area contributed by atoms with Crippen LogP contribution in [-0.4, -0.2) is 74.3 Å². The van der Waals surface area contributed by atoms with Gasteiger partial charge < -0.3 is 14.7 Å². The van der Waals surface area contributed by atoms with E-state index >= 15 is 4.39 Å². The summed E-state index contributed by atoms with van der Waals surface area (Å²) >= 11 is 0. The lowest BCUT2D eigenvalue weighted by molar-refractivity contribution is -0.133. The Morgan fingerprint density at radius 2 is 2.05 bits per heavy atom. The maximum Gasteiger partial charge on any atom is 0.414 e. The van der Waals surface area contributed by atoms with Crippen LogP contribution in [0.5, 0.6) is 0 Å². The molecule has 11 nitrogen and oxygen atoms in total. The summed E-state index contributed by atoms with van der Waals surface area (Å²) in [5.74, 6) is -0.919. The van der Waals surface area contributed by atoms with Crippen LogP contribution in [-0.2, 0) is 21.5 Å². The molecular weight excluding hydrogens is 481 g/mol. The van der Waals surface area contributed by atoms with Crippen LogP contribution in [0.25, 0.3) is 11.1 Å². The SMILES string of the molecule is N#C[C@]1(c2ccc(-c3ccc(N4C[C@H](Cn5ccnn5)OC4=O)cc3F)cn2)[C@@H]2CN(C(=O)CO)C[C@@H]21. The molecule has 0 spiro atoms. The quantitative estimate of drug-likeness (QED) is 0.532. The zero-order chi connectivity index (χ0) is 25.7. The molecule has 2 saturated heterocycles. The lowest BCUT2D eigenvalue weighted by atomic mass is 9.95. The molecule has 12 heteroatoms.